The Bertz CT molecular complexity index is 570. The predicted molar refractivity (Wildman–Crippen MR) is 76.1 cm³/mol. The van der Waals surface area contributed by atoms with Crippen molar-refractivity contribution in [2.75, 3.05) is 19.6 Å². The van der Waals surface area contributed by atoms with Gasteiger partial charge in [-0.1, -0.05) is 17.7 Å². The highest BCUT2D eigenvalue weighted by Crippen LogP contribution is 2.18. The quantitative estimate of drug-likeness (QED) is 0.849. The molecule has 0 atom stereocenters. The molecule has 0 aromatic heterocycles. The van der Waals surface area contributed by atoms with Crippen molar-refractivity contribution in [2.45, 2.75) is 6.42 Å². The number of hydrogen-bond acceptors (Lipinski definition) is 3. The first-order chi connectivity index (χ1) is 9.95. The van der Waals surface area contributed by atoms with Crippen LogP contribution >= 0.6 is 11.6 Å². The molecule has 1 saturated heterocycles. The number of benzene rings is 1. The Morgan fingerprint density at radius 2 is 2.05 bits per heavy atom. The molecule has 2 rings (SSSR count). The summed E-state index contributed by atoms with van der Waals surface area (Å²) in [6, 6.07) is 6.45. The van der Waals surface area contributed by atoms with Gasteiger partial charge in [-0.25, -0.2) is 0 Å². The number of carboxylic acids is 1. The summed E-state index contributed by atoms with van der Waals surface area (Å²) >= 11 is 5.79. The summed E-state index contributed by atoms with van der Waals surface area (Å²) in [5.41, 5.74) is 0.391. The molecular formula is C14H15ClN2O4. The van der Waals surface area contributed by atoms with E-state index in [2.05, 4.69) is 5.32 Å². The molecule has 1 heterocycles. The van der Waals surface area contributed by atoms with E-state index in [0.717, 1.165) is 0 Å². The summed E-state index contributed by atoms with van der Waals surface area (Å²) in [4.78, 5) is 35.7. The number of hydrogen-bond donors (Lipinski definition) is 2. The Balaban J connectivity index is 1.75. The van der Waals surface area contributed by atoms with Crippen molar-refractivity contribution in [3.8, 4) is 0 Å². The maximum absolute atomic E-state index is 11.8. The van der Waals surface area contributed by atoms with Gasteiger partial charge in [-0.15, -0.1) is 0 Å². The number of likely N-dealkylation sites (tertiary alicyclic amines) is 1. The fraction of sp³-hybridized carbons (Fsp3) is 0.357. The normalized spacial score (nSPS) is 14.4. The second kappa shape index (κ2) is 6.58. The van der Waals surface area contributed by atoms with Crippen LogP contribution in [0.1, 0.15) is 16.8 Å². The van der Waals surface area contributed by atoms with Crippen LogP contribution in [0.3, 0.4) is 0 Å². The summed E-state index contributed by atoms with van der Waals surface area (Å²) < 4.78 is 0. The number of nitrogens with one attached hydrogen (secondary N) is 1. The molecule has 0 aliphatic carbocycles. The molecule has 0 bridgehead atoms. The molecule has 0 saturated carbocycles. The molecule has 1 fully saturated rings. The van der Waals surface area contributed by atoms with E-state index in [0.29, 0.717) is 23.7 Å². The Morgan fingerprint density at radius 3 is 2.67 bits per heavy atom. The van der Waals surface area contributed by atoms with E-state index in [4.69, 9.17) is 16.7 Å². The lowest BCUT2D eigenvalue weighted by Crippen LogP contribution is -2.53. The van der Waals surface area contributed by atoms with Gasteiger partial charge in [0, 0.05) is 29.6 Å². The van der Waals surface area contributed by atoms with Crippen LogP contribution in [-0.2, 0) is 9.59 Å². The van der Waals surface area contributed by atoms with Crippen molar-refractivity contribution in [1.82, 2.24) is 10.2 Å². The van der Waals surface area contributed by atoms with Gasteiger partial charge in [0.15, 0.2) is 0 Å². The highest BCUT2D eigenvalue weighted by molar-refractivity contribution is 6.30. The summed E-state index contributed by atoms with van der Waals surface area (Å²) in [5, 5.41) is 11.6. The first-order valence-electron chi connectivity index (χ1n) is 6.49. The number of carbonyl (C=O) groups excluding carboxylic acids is 2. The van der Waals surface area contributed by atoms with E-state index in [1.165, 1.54) is 11.0 Å². The van der Waals surface area contributed by atoms with Gasteiger partial charge in [0.1, 0.15) is 0 Å². The molecule has 1 aliphatic rings. The van der Waals surface area contributed by atoms with Gasteiger partial charge in [-0.3, -0.25) is 14.4 Å². The Labute approximate surface area is 126 Å². The predicted octanol–water partition coefficient (Wildman–Crippen LogP) is 1.00. The maximum Gasteiger partial charge on any atom is 0.303 e. The minimum Gasteiger partial charge on any atom is -0.481 e. The van der Waals surface area contributed by atoms with Crippen LogP contribution in [0.15, 0.2) is 24.3 Å². The van der Waals surface area contributed by atoms with Gasteiger partial charge < -0.3 is 15.3 Å². The van der Waals surface area contributed by atoms with Gasteiger partial charge >= 0.3 is 5.97 Å². The van der Waals surface area contributed by atoms with Crippen LogP contribution in [0.5, 0.6) is 0 Å². The zero-order valence-electron chi connectivity index (χ0n) is 11.2. The van der Waals surface area contributed by atoms with Crippen molar-refractivity contribution < 1.29 is 19.5 Å². The molecule has 0 radical (unpaired) electrons. The number of rotatable bonds is 5. The molecule has 1 aliphatic heterocycles. The number of aliphatic carboxylic acids is 1. The van der Waals surface area contributed by atoms with E-state index in [1.807, 2.05) is 0 Å². The third-order valence-electron chi connectivity index (χ3n) is 3.26. The van der Waals surface area contributed by atoms with Crippen molar-refractivity contribution in [1.29, 1.82) is 0 Å². The van der Waals surface area contributed by atoms with Crippen LogP contribution in [0.25, 0.3) is 0 Å². The molecule has 1 aromatic rings. The highest BCUT2D eigenvalue weighted by Gasteiger charge is 2.31. The fourth-order valence-electron chi connectivity index (χ4n) is 2.15. The van der Waals surface area contributed by atoms with Gasteiger partial charge in [0.05, 0.1) is 13.0 Å². The molecule has 2 N–H and O–H groups in total. The Morgan fingerprint density at radius 1 is 1.33 bits per heavy atom. The van der Waals surface area contributed by atoms with E-state index >= 15 is 0 Å². The molecule has 7 heteroatoms. The maximum atomic E-state index is 11.8. The Kier molecular flexibility index (Phi) is 4.80. The summed E-state index contributed by atoms with van der Waals surface area (Å²) in [6.45, 7) is 0.751. The highest BCUT2D eigenvalue weighted by atomic mass is 35.5. The van der Waals surface area contributed by atoms with Crippen LogP contribution < -0.4 is 5.32 Å². The lowest BCUT2D eigenvalue weighted by Gasteiger charge is -2.38. The monoisotopic (exact) mass is 310 g/mol. The molecular weight excluding hydrogens is 296 g/mol. The third-order valence-corrected chi connectivity index (χ3v) is 3.50. The van der Waals surface area contributed by atoms with E-state index < -0.39 is 5.97 Å². The summed E-state index contributed by atoms with van der Waals surface area (Å²) in [7, 11) is 0. The Hall–Kier alpha value is -2.08. The zero-order valence-corrected chi connectivity index (χ0v) is 12.0. The molecule has 2 amide bonds. The number of halogens is 1. The van der Waals surface area contributed by atoms with E-state index in [-0.39, 0.29) is 30.7 Å². The lowest BCUT2D eigenvalue weighted by atomic mass is 9.96. The smallest absolute Gasteiger partial charge is 0.303 e. The minimum atomic E-state index is -0.860. The van der Waals surface area contributed by atoms with Crippen molar-refractivity contribution >= 4 is 29.4 Å². The van der Waals surface area contributed by atoms with Gasteiger partial charge in [0.25, 0.3) is 5.91 Å². The lowest BCUT2D eigenvalue weighted by molar-refractivity contribution is -0.144. The van der Waals surface area contributed by atoms with Crippen LogP contribution in [-0.4, -0.2) is 47.4 Å². The topological polar surface area (TPSA) is 86.7 Å². The van der Waals surface area contributed by atoms with Crippen molar-refractivity contribution in [2.24, 2.45) is 5.92 Å². The molecule has 112 valence electrons. The third kappa shape index (κ3) is 4.19. The molecule has 0 spiro atoms. The van der Waals surface area contributed by atoms with Gasteiger partial charge in [0.2, 0.25) is 5.91 Å². The second-order valence-electron chi connectivity index (χ2n) is 4.96. The van der Waals surface area contributed by atoms with Crippen LogP contribution in [0, 0.1) is 5.92 Å². The number of amides is 2. The second-order valence-corrected chi connectivity index (χ2v) is 5.39. The summed E-state index contributed by atoms with van der Waals surface area (Å²) in [6.07, 6.45) is 0.0681. The number of carbonyl (C=O) groups is 3. The standard InChI is InChI=1S/C14H15ClN2O4/c15-11-3-1-2-10(5-11)14(21)16-6-12(18)17-7-9(8-17)4-13(19)20/h1-3,5,9H,4,6-8H2,(H,16,21)(H,19,20). The average Bonchev–Trinajstić information content (AvgIpc) is 2.39. The van der Waals surface area contributed by atoms with Crippen LogP contribution in [0.4, 0.5) is 0 Å². The largest absolute Gasteiger partial charge is 0.481 e. The SMILES string of the molecule is O=C(O)CC1CN(C(=O)CNC(=O)c2cccc(Cl)c2)C1. The number of carboxylic acid groups (broad SMARTS) is 1. The molecule has 21 heavy (non-hydrogen) atoms. The summed E-state index contributed by atoms with van der Waals surface area (Å²) in [5.74, 6) is -1.43. The minimum absolute atomic E-state index is 0.00933. The van der Waals surface area contributed by atoms with Crippen molar-refractivity contribution in [3.05, 3.63) is 34.9 Å². The van der Waals surface area contributed by atoms with Gasteiger partial charge in [-0.2, -0.15) is 0 Å². The average molecular weight is 311 g/mol. The van der Waals surface area contributed by atoms with E-state index in [9.17, 15) is 14.4 Å². The molecule has 6 nitrogen and oxygen atoms in total. The first kappa shape index (κ1) is 15.3. The fourth-order valence-corrected chi connectivity index (χ4v) is 2.34. The first-order valence-corrected chi connectivity index (χ1v) is 6.87. The van der Waals surface area contributed by atoms with Gasteiger partial charge in [-0.05, 0) is 18.2 Å². The van der Waals surface area contributed by atoms with Crippen molar-refractivity contribution in [3.63, 3.8) is 0 Å². The molecule has 1 aromatic carbocycles. The number of nitrogens with zero attached hydrogens (tertiary/aromatic N) is 1. The molecule has 0 unspecified atom stereocenters. The van der Waals surface area contributed by atoms with Crippen LogP contribution in [0.2, 0.25) is 5.02 Å². The zero-order chi connectivity index (χ0) is 15.4. The van der Waals surface area contributed by atoms with E-state index in [1.54, 1.807) is 18.2 Å².